The number of nitrogens with one attached hydrogen (secondary N) is 1. The highest BCUT2D eigenvalue weighted by atomic mass is 16.6. The van der Waals surface area contributed by atoms with Gasteiger partial charge >= 0.3 is 12.1 Å². The first-order valence-electron chi connectivity index (χ1n) is 5.06. The second-order valence-corrected chi connectivity index (χ2v) is 4.44. The minimum atomic E-state index is -0.913. The lowest BCUT2D eigenvalue weighted by atomic mass is 10.2. The quantitative estimate of drug-likeness (QED) is 0.675. The van der Waals surface area contributed by atoms with Crippen LogP contribution < -0.4 is 11.1 Å². The summed E-state index contributed by atoms with van der Waals surface area (Å²) in [6.45, 7) is 5.99. The standard InChI is InChI=1S/C10H18N2O5/c1-6(8(14)16-5-7(11)13)12-9(15)17-10(2,3)4/h6H,5H2,1-4H3,(H2,11,13)(H,12,15). The Hall–Kier alpha value is -1.79. The molecule has 0 aliphatic carbocycles. The minimum absolute atomic E-state index is 0.515. The Balaban J connectivity index is 4.08. The van der Waals surface area contributed by atoms with Gasteiger partial charge in [0.05, 0.1) is 0 Å². The number of hydrogen-bond donors (Lipinski definition) is 2. The third-order valence-corrected chi connectivity index (χ3v) is 1.44. The van der Waals surface area contributed by atoms with Crippen molar-refractivity contribution in [3.63, 3.8) is 0 Å². The molecule has 0 heterocycles. The molecular formula is C10H18N2O5. The van der Waals surface area contributed by atoms with Crippen LogP contribution in [0.2, 0.25) is 0 Å². The molecule has 0 spiro atoms. The summed E-state index contributed by atoms with van der Waals surface area (Å²) in [4.78, 5) is 32.9. The van der Waals surface area contributed by atoms with Crippen LogP contribution in [0.3, 0.4) is 0 Å². The first-order chi connectivity index (χ1) is 7.61. The van der Waals surface area contributed by atoms with Gasteiger partial charge in [-0.25, -0.2) is 9.59 Å². The average molecular weight is 246 g/mol. The Morgan fingerprint density at radius 3 is 2.24 bits per heavy atom. The van der Waals surface area contributed by atoms with Crippen molar-refractivity contribution in [3.05, 3.63) is 0 Å². The van der Waals surface area contributed by atoms with Crippen molar-refractivity contribution in [2.24, 2.45) is 5.73 Å². The molecule has 7 nitrogen and oxygen atoms in total. The molecule has 0 radical (unpaired) electrons. The normalized spacial score (nSPS) is 12.5. The molecule has 98 valence electrons. The molecule has 0 aliphatic heterocycles. The number of carbonyl (C=O) groups is 3. The van der Waals surface area contributed by atoms with Crippen molar-refractivity contribution in [2.75, 3.05) is 6.61 Å². The maximum Gasteiger partial charge on any atom is 0.408 e. The molecule has 0 aromatic rings. The zero-order valence-electron chi connectivity index (χ0n) is 10.4. The highest BCUT2D eigenvalue weighted by molar-refractivity contribution is 5.83. The molecule has 1 unspecified atom stereocenters. The van der Waals surface area contributed by atoms with E-state index in [4.69, 9.17) is 10.5 Å². The van der Waals surface area contributed by atoms with E-state index in [2.05, 4.69) is 10.1 Å². The van der Waals surface area contributed by atoms with E-state index in [1.807, 2.05) is 0 Å². The number of nitrogens with two attached hydrogens (primary N) is 1. The van der Waals surface area contributed by atoms with E-state index in [-0.39, 0.29) is 0 Å². The van der Waals surface area contributed by atoms with Gasteiger partial charge in [-0.15, -0.1) is 0 Å². The van der Waals surface area contributed by atoms with E-state index < -0.39 is 36.2 Å². The number of primary amides is 1. The highest BCUT2D eigenvalue weighted by Crippen LogP contribution is 2.06. The Morgan fingerprint density at radius 2 is 1.82 bits per heavy atom. The molecule has 0 aromatic heterocycles. The zero-order valence-corrected chi connectivity index (χ0v) is 10.4. The van der Waals surface area contributed by atoms with Crippen LogP contribution in [0.25, 0.3) is 0 Å². The molecule has 2 amide bonds. The van der Waals surface area contributed by atoms with E-state index in [1.165, 1.54) is 6.92 Å². The van der Waals surface area contributed by atoms with E-state index in [9.17, 15) is 14.4 Å². The van der Waals surface area contributed by atoms with Gasteiger partial charge in [-0.2, -0.15) is 0 Å². The van der Waals surface area contributed by atoms with E-state index >= 15 is 0 Å². The first kappa shape index (κ1) is 15.2. The van der Waals surface area contributed by atoms with Crippen LogP contribution in [0.4, 0.5) is 4.79 Å². The van der Waals surface area contributed by atoms with Crippen molar-refractivity contribution in [3.8, 4) is 0 Å². The highest BCUT2D eigenvalue weighted by Gasteiger charge is 2.22. The van der Waals surface area contributed by atoms with Crippen molar-refractivity contribution in [1.29, 1.82) is 0 Å². The van der Waals surface area contributed by atoms with Crippen LogP contribution in [0.15, 0.2) is 0 Å². The van der Waals surface area contributed by atoms with Crippen LogP contribution in [0.5, 0.6) is 0 Å². The molecule has 3 N–H and O–H groups in total. The van der Waals surface area contributed by atoms with E-state index in [0.717, 1.165) is 0 Å². The predicted molar refractivity (Wildman–Crippen MR) is 59.0 cm³/mol. The van der Waals surface area contributed by atoms with Gasteiger partial charge in [0.25, 0.3) is 5.91 Å². The number of esters is 1. The van der Waals surface area contributed by atoms with Gasteiger partial charge in [-0.1, -0.05) is 0 Å². The number of carbonyl (C=O) groups excluding carboxylic acids is 3. The molecule has 0 aromatic carbocycles. The second kappa shape index (κ2) is 6.07. The lowest BCUT2D eigenvalue weighted by molar-refractivity contribution is -0.149. The summed E-state index contributed by atoms with van der Waals surface area (Å²) in [5.41, 5.74) is 4.15. The summed E-state index contributed by atoms with van der Waals surface area (Å²) in [7, 11) is 0. The molecule has 0 saturated carbocycles. The lowest BCUT2D eigenvalue weighted by Crippen LogP contribution is -2.43. The summed E-state index contributed by atoms with van der Waals surface area (Å²) in [6.07, 6.45) is -0.735. The maximum absolute atomic E-state index is 11.3. The minimum Gasteiger partial charge on any atom is -0.454 e. The monoisotopic (exact) mass is 246 g/mol. The zero-order chi connectivity index (χ0) is 13.6. The summed E-state index contributed by atoms with van der Waals surface area (Å²) in [6, 6.07) is -0.913. The van der Waals surface area contributed by atoms with Crippen LogP contribution >= 0.6 is 0 Å². The maximum atomic E-state index is 11.3. The molecule has 7 heteroatoms. The summed E-state index contributed by atoms with van der Waals surface area (Å²) in [5.74, 6) is -1.52. The average Bonchev–Trinajstić information content (AvgIpc) is 2.10. The topological polar surface area (TPSA) is 108 Å². The van der Waals surface area contributed by atoms with Gasteiger partial charge in [0.2, 0.25) is 0 Å². The Bertz CT molecular complexity index is 308. The predicted octanol–water partition coefficient (Wildman–Crippen LogP) is -0.0719. The van der Waals surface area contributed by atoms with Crippen molar-refractivity contribution in [1.82, 2.24) is 5.32 Å². The number of ether oxygens (including phenoxy) is 2. The molecule has 17 heavy (non-hydrogen) atoms. The van der Waals surface area contributed by atoms with Crippen molar-refractivity contribution < 1.29 is 23.9 Å². The molecule has 0 bridgehead atoms. The number of alkyl carbamates (subject to hydrolysis) is 1. The van der Waals surface area contributed by atoms with Crippen molar-refractivity contribution in [2.45, 2.75) is 39.3 Å². The summed E-state index contributed by atoms with van der Waals surface area (Å²) < 4.78 is 9.45. The molecule has 0 rings (SSSR count). The Kier molecular flexibility index (Phi) is 5.43. The number of hydrogen-bond acceptors (Lipinski definition) is 5. The SMILES string of the molecule is CC(NC(=O)OC(C)(C)C)C(=O)OCC(N)=O. The van der Waals surface area contributed by atoms with Crippen molar-refractivity contribution >= 4 is 18.0 Å². The lowest BCUT2D eigenvalue weighted by Gasteiger charge is -2.21. The van der Waals surface area contributed by atoms with Crippen LogP contribution in [-0.4, -0.2) is 36.2 Å². The van der Waals surface area contributed by atoms with Crippen LogP contribution in [0.1, 0.15) is 27.7 Å². The molecular weight excluding hydrogens is 228 g/mol. The second-order valence-electron chi connectivity index (χ2n) is 4.44. The van der Waals surface area contributed by atoms with Crippen LogP contribution in [-0.2, 0) is 19.1 Å². The number of amides is 2. The molecule has 0 fully saturated rings. The fourth-order valence-electron chi connectivity index (χ4n) is 0.811. The number of rotatable bonds is 4. The summed E-state index contributed by atoms with van der Waals surface area (Å²) in [5, 5.41) is 2.27. The largest absolute Gasteiger partial charge is 0.454 e. The Labute approximate surface area is 99.6 Å². The molecule has 1 atom stereocenters. The summed E-state index contributed by atoms with van der Waals surface area (Å²) >= 11 is 0. The molecule has 0 aliphatic rings. The van der Waals surface area contributed by atoms with E-state index in [0.29, 0.717) is 0 Å². The van der Waals surface area contributed by atoms with Gasteiger partial charge in [0.1, 0.15) is 11.6 Å². The fourth-order valence-corrected chi connectivity index (χ4v) is 0.811. The third-order valence-electron chi connectivity index (χ3n) is 1.44. The van der Waals surface area contributed by atoms with Gasteiger partial charge in [-0.3, -0.25) is 4.79 Å². The van der Waals surface area contributed by atoms with Gasteiger partial charge in [-0.05, 0) is 27.7 Å². The van der Waals surface area contributed by atoms with Gasteiger partial charge < -0.3 is 20.5 Å². The first-order valence-corrected chi connectivity index (χ1v) is 5.06. The van der Waals surface area contributed by atoms with E-state index in [1.54, 1.807) is 20.8 Å². The van der Waals surface area contributed by atoms with Crippen LogP contribution in [0, 0.1) is 0 Å². The third kappa shape index (κ3) is 8.06. The smallest absolute Gasteiger partial charge is 0.408 e. The Morgan fingerprint density at radius 1 is 1.29 bits per heavy atom. The van der Waals surface area contributed by atoms with Gasteiger partial charge in [0.15, 0.2) is 6.61 Å². The fraction of sp³-hybridized carbons (Fsp3) is 0.700. The molecule has 0 saturated heterocycles. The van der Waals surface area contributed by atoms with Gasteiger partial charge in [0, 0.05) is 0 Å².